The fourth-order valence-corrected chi connectivity index (χ4v) is 3.58. The van der Waals surface area contributed by atoms with Crippen LogP contribution in [0.1, 0.15) is 37.7 Å². The minimum Gasteiger partial charge on any atom is -0.312 e. The number of halogens is 4. The van der Waals surface area contributed by atoms with Gasteiger partial charge in [0.1, 0.15) is 11.6 Å². The molecule has 0 aliphatic heterocycles. The molecule has 0 amide bonds. The molecule has 1 nitrogen and oxygen atoms in total. The lowest BCUT2D eigenvalue weighted by Crippen LogP contribution is -2.37. The number of nitrogens with one attached hydrogen (secondary N) is 1. The van der Waals surface area contributed by atoms with Crippen LogP contribution in [0.2, 0.25) is 0 Å². The van der Waals surface area contributed by atoms with Crippen molar-refractivity contribution in [3.8, 4) is 0 Å². The first-order valence-electron chi connectivity index (χ1n) is 6.97. The molecule has 1 fully saturated rings. The smallest absolute Gasteiger partial charge is 0.144 e. The van der Waals surface area contributed by atoms with E-state index in [1.165, 1.54) is 31.4 Å². The van der Waals surface area contributed by atoms with Crippen LogP contribution < -0.4 is 5.32 Å². The number of hydrogen-bond acceptors (Lipinski definition) is 1. The third-order valence-electron chi connectivity index (χ3n) is 4.14. The second kappa shape index (κ2) is 7.19. The van der Waals surface area contributed by atoms with Gasteiger partial charge in [-0.15, -0.1) is 11.6 Å². The van der Waals surface area contributed by atoms with E-state index in [1.807, 2.05) is 0 Å². The van der Waals surface area contributed by atoms with Gasteiger partial charge in [0.05, 0.1) is 4.47 Å². The van der Waals surface area contributed by atoms with E-state index < -0.39 is 11.6 Å². The summed E-state index contributed by atoms with van der Waals surface area (Å²) in [6.07, 6.45) is 5.81. The first-order valence-corrected chi connectivity index (χ1v) is 8.30. The Morgan fingerprint density at radius 1 is 1.20 bits per heavy atom. The second-order valence-corrected chi connectivity index (χ2v) is 6.74. The highest BCUT2D eigenvalue weighted by atomic mass is 79.9. The summed E-state index contributed by atoms with van der Waals surface area (Å²) in [7, 11) is 0. The third-order valence-corrected chi connectivity index (χ3v) is 5.32. The summed E-state index contributed by atoms with van der Waals surface area (Å²) in [5, 5.41) is 3.19. The maximum atomic E-state index is 13.9. The summed E-state index contributed by atoms with van der Waals surface area (Å²) in [6, 6.07) is 2.66. The molecule has 0 unspecified atom stereocenters. The molecule has 0 spiro atoms. The molecule has 5 heteroatoms. The van der Waals surface area contributed by atoms with Crippen molar-refractivity contribution < 1.29 is 8.78 Å². The molecule has 0 saturated heterocycles. The highest BCUT2D eigenvalue weighted by Gasteiger charge is 2.30. The monoisotopic (exact) mass is 365 g/mol. The molecule has 1 aliphatic rings. The van der Waals surface area contributed by atoms with Crippen molar-refractivity contribution in [2.24, 2.45) is 5.41 Å². The van der Waals surface area contributed by atoms with E-state index >= 15 is 0 Å². The fraction of sp³-hybridized carbons (Fsp3) is 0.600. The molecular weight excluding hydrogens is 348 g/mol. The molecule has 1 saturated carbocycles. The lowest BCUT2D eigenvalue weighted by atomic mass is 9.75. The highest BCUT2D eigenvalue weighted by molar-refractivity contribution is 9.10. The number of hydrogen-bond donors (Lipinski definition) is 1. The Morgan fingerprint density at radius 2 is 1.90 bits per heavy atom. The normalized spacial score (nSPS) is 18.2. The van der Waals surface area contributed by atoms with Gasteiger partial charge in [0.15, 0.2) is 0 Å². The van der Waals surface area contributed by atoms with Crippen LogP contribution in [0.25, 0.3) is 0 Å². The van der Waals surface area contributed by atoms with E-state index in [0.29, 0.717) is 16.9 Å². The van der Waals surface area contributed by atoms with Crippen molar-refractivity contribution in [2.45, 2.75) is 38.6 Å². The average Bonchev–Trinajstić information content (AvgIpc) is 2.48. The Hall–Kier alpha value is -0.190. The van der Waals surface area contributed by atoms with E-state index in [-0.39, 0.29) is 17.5 Å². The van der Waals surface area contributed by atoms with Gasteiger partial charge in [0, 0.05) is 24.5 Å². The van der Waals surface area contributed by atoms with E-state index in [0.717, 1.165) is 12.8 Å². The molecule has 112 valence electrons. The highest BCUT2D eigenvalue weighted by Crippen LogP contribution is 2.36. The van der Waals surface area contributed by atoms with Gasteiger partial charge in [-0.25, -0.2) is 8.78 Å². The molecule has 1 aliphatic carbocycles. The Kier molecular flexibility index (Phi) is 5.82. The number of benzene rings is 1. The largest absolute Gasteiger partial charge is 0.312 e. The minimum atomic E-state index is -0.527. The van der Waals surface area contributed by atoms with Gasteiger partial charge >= 0.3 is 0 Å². The standard InChI is InChI=1S/C15H19BrClF2N/c16-12-4-5-13(18)11(14(12)19)8-20-10-15(9-17)6-2-1-3-7-15/h4-5,20H,1-3,6-10H2. The lowest BCUT2D eigenvalue weighted by Gasteiger charge is -2.35. The summed E-state index contributed by atoms with van der Waals surface area (Å²) >= 11 is 9.19. The van der Waals surface area contributed by atoms with Crippen molar-refractivity contribution in [2.75, 3.05) is 12.4 Å². The Balaban J connectivity index is 1.97. The molecule has 0 radical (unpaired) electrons. The van der Waals surface area contributed by atoms with Gasteiger partial charge in [-0.2, -0.15) is 0 Å². The van der Waals surface area contributed by atoms with Crippen LogP contribution in [-0.4, -0.2) is 12.4 Å². The number of rotatable bonds is 5. The van der Waals surface area contributed by atoms with Gasteiger partial charge in [0.25, 0.3) is 0 Å². The molecule has 1 N–H and O–H groups in total. The van der Waals surface area contributed by atoms with E-state index in [1.54, 1.807) is 0 Å². The van der Waals surface area contributed by atoms with E-state index in [4.69, 9.17) is 11.6 Å². The molecule has 1 aromatic carbocycles. The van der Waals surface area contributed by atoms with Crippen molar-refractivity contribution in [1.82, 2.24) is 5.32 Å². The van der Waals surface area contributed by atoms with Crippen LogP contribution in [0.5, 0.6) is 0 Å². The predicted octanol–water partition coefficient (Wildman–Crippen LogP) is 5.01. The topological polar surface area (TPSA) is 12.0 Å². The fourth-order valence-electron chi connectivity index (χ4n) is 2.84. The van der Waals surface area contributed by atoms with Gasteiger partial charge in [-0.05, 0) is 46.3 Å². The zero-order valence-electron chi connectivity index (χ0n) is 11.3. The molecule has 0 atom stereocenters. The molecular formula is C15H19BrClF2N. The van der Waals surface area contributed by atoms with Gasteiger partial charge in [0.2, 0.25) is 0 Å². The van der Waals surface area contributed by atoms with Crippen LogP contribution in [0, 0.1) is 17.0 Å². The molecule has 0 heterocycles. The van der Waals surface area contributed by atoms with Crippen molar-refractivity contribution >= 4 is 27.5 Å². The maximum absolute atomic E-state index is 13.9. The van der Waals surface area contributed by atoms with Gasteiger partial charge < -0.3 is 5.32 Å². The first-order chi connectivity index (χ1) is 9.58. The summed E-state index contributed by atoms with van der Waals surface area (Å²) < 4.78 is 27.8. The van der Waals surface area contributed by atoms with Crippen LogP contribution >= 0.6 is 27.5 Å². The van der Waals surface area contributed by atoms with Crippen molar-refractivity contribution in [1.29, 1.82) is 0 Å². The maximum Gasteiger partial charge on any atom is 0.144 e. The third kappa shape index (κ3) is 3.71. The summed E-state index contributed by atoms with van der Waals surface area (Å²) in [4.78, 5) is 0. The van der Waals surface area contributed by atoms with E-state index in [9.17, 15) is 8.78 Å². The zero-order chi connectivity index (χ0) is 14.6. The van der Waals surface area contributed by atoms with Gasteiger partial charge in [-0.1, -0.05) is 19.3 Å². The first kappa shape index (κ1) is 16.2. The van der Waals surface area contributed by atoms with Crippen molar-refractivity contribution in [3.63, 3.8) is 0 Å². The Labute approximate surface area is 132 Å². The predicted molar refractivity (Wildman–Crippen MR) is 82.0 cm³/mol. The summed E-state index contributed by atoms with van der Waals surface area (Å²) in [5.74, 6) is -0.438. The van der Waals surface area contributed by atoms with Gasteiger partial charge in [-0.3, -0.25) is 0 Å². The summed E-state index contributed by atoms with van der Waals surface area (Å²) in [5.41, 5.74) is 0.165. The van der Waals surface area contributed by atoms with Crippen molar-refractivity contribution in [3.05, 3.63) is 33.8 Å². The second-order valence-electron chi connectivity index (χ2n) is 5.62. The van der Waals surface area contributed by atoms with Crippen LogP contribution in [0.3, 0.4) is 0 Å². The number of alkyl halides is 1. The lowest BCUT2D eigenvalue weighted by molar-refractivity contribution is 0.211. The molecule has 0 bridgehead atoms. The van der Waals surface area contributed by atoms with Crippen LogP contribution in [-0.2, 0) is 6.54 Å². The SMILES string of the molecule is Fc1ccc(Br)c(F)c1CNCC1(CCl)CCCCC1. The minimum absolute atomic E-state index is 0.0821. The molecule has 2 rings (SSSR count). The Bertz CT molecular complexity index is 461. The van der Waals surface area contributed by atoms with Crippen LogP contribution in [0.15, 0.2) is 16.6 Å². The molecule has 20 heavy (non-hydrogen) atoms. The van der Waals surface area contributed by atoms with Crippen LogP contribution in [0.4, 0.5) is 8.78 Å². The Morgan fingerprint density at radius 3 is 2.55 bits per heavy atom. The molecule has 1 aromatic rings. The van der Waals surface area contributed by atoms with E-state index in [2.05, 4.69) is 21.2 Å². The zero-order valence-corrected chi connectivity index (χ0v) is 13.7. The quantitative estimate of drug-likeness (QED) is 0.571. The summed E-state index contributed by atoms with van der Waals surface area (Å²) in [6.45, 7) is 0.900. The molecule has 0 aromatic heterocycles. The average molecular weight is 367 g/mol.